The van der Waals surface area contributed by atoms with E-state index < -0.39 is 0 Å². The van der Waals surface area contributed by atoms with Crippen LogP contribution in [-0.2, 0) is 16.1 Å². The van der Waals surface area contributed by atoms with Crippen molar-refractivity contribution < 1.29 is 19.2 Å². The van der Waals surface area contributed by atoms with Gasteiger partial charge in [-0.2, -0.15) is 0 Å². The van der Waals surface area contributed by atoms with Crippen LogP contribution in [0.4, 0.5) is 5.69 Å². The number of amides is 4. The molecule has 2 aromatic carbocycles. The lowest BCUT2D eigenvalue weighted by atomic mass is 10.1. The number of likely N-dealkylation sites (tertiary alicyclic amines) is 1. The summed E-state index contributed by atoms with van der Waals surface area (Å²) in [6.07, 6.45) is 0.518. The van der Waals surface area contributed by atoms with Gasteiger partial charge >= 0.3 is 0 Å². The molecule has 4 amide bonds. The van der Waals surface area contributed by atoms with Crippen molar-refractivity contribution >= 4 is 29.3 Å². The maximum atomic E-state index is 12.6. The van der Waals surface area contributed by atoms with Gasteiger partial charge in [-0.05, 0) is 49.7 Å². The summed E-state index contributed by atoms with van der Waals surface area (Å²) < 4.78 is 0. The summed E-state index contributed by atoms with van der Waals surface area (Å²) in [5.74, 6) is -0.712. The molecule has 0 spiro atoms. The van der Waals surface area contributed by atoms with Crippen molar-refractivity contribution in [2.45, 2.75) is 33.2 Å². The van der Waals surface area contributed by atoms with Gasteiger partial charge < -0.3 is 10.2 Å². The molecule has 156 valence electrons. The molecular weight excluding hydrogens is 382 g/mol. The van der Waals surface area contributed by atoms with E-state index in [2.05, 4.69) is 5.32 Å². The SMILES string of the molecule is CCN(CC)C(=O)c1cccc(NC(=O)c2ccc(CN3C(=O)CCC3=O)cc2)c1. The first-order valence-corrected chi connectivity index (χ1v) is 10.1. The second-order valence-corrected chi connectivity index (χ2v) is 7.08. The molecule has 1 N–H and O–H groups in total. The largest absolute Gasteiger partial charge is 0.339 e. The van der Waals surface area contributed by atoms with Gasteiger partial charge in [0.2, 0.25) is 11.8 Å². The second-order valence-electron chi connectivity index (χ2n) is 7.08. The topological polar surface area (TPSA) is 86.8 Å². The Morgan fingerprint density at radius 2 is 1.57 bits per heavy atom. The maximum absolute atomic E-state index is 12.6. The van der Waals surface area contributed by atoms with E-state index in [9.17, 15) is 19.2 Å². The highest BCUT2D eigenvalue weighted by Gasteiger charge is 2.28. The predicted molar refractivity (Wildman–Crippen MR) is 113 cm³/mol. The molecule has 1 aliphatic heterocycles. The van der Waals surface area contributed by atoms with Gasteiger partial charge in [0.05, 0.1) is 6.54 Å². The standard InChI is InChI=1S/C23H25N3O4/c1-3-25(4-2)23(30)18-6-5-7-19(14-18)24-22(29)17-10-8-16(9-11-17)15-26-20(27)12-13-21(26)28/h5-11,14H,3-4,12-13,15H2,1-2H3,(H,24,29). The number of carbonyl (C=O) groups excluding carboxylic acids is 4. The van der Waals surface area contributed by atoms with E-state index in [1.165, 1.54) is 4.90 Å². The Labute approximate surface area is 175 Å². The highest BCUT2D eigenvalue weighted by atomic mass is 16.2. The first kappa shape index (κ1) is 21.2. The van der Waals surface area contributed by atoms with Gasteiger partial charge in [0.25, 0.3) is 11.8 Å². The van der Waals surface area contributed by atoms with Crippen molar-refractivity contribution in [3.8, 4) is 0 Å². The van der Waals surface area contributed by atoms with Crippen LogP contribution in [0.5, 0.6) is 0 Å². The fourth-order valence-corrected chi connectivity index (χ4v) is 3.37. The Kier molecular flexibility index (Phi) is 6.61. The summed E-state index contributed by atoms with van der Waals surface area (Å²) in [4.78, 5) is 51.5. The highest BCUT2D eigenvalue weighted by molar-refractivity contribution is 6.05. The predicted octanol–water partition coefficient (Wildman–Crippen LogP) is 3.07. The molecule has 0 saturated carbocycles. The van der Waals surface area contributed by atoms with Crippen LogP contribution in [-0.4, -0.2) is 46.5 Å². The Hall–Kier alpha value is -3.48. The van der Waals surface area contributed by atoms with Crippen LogP contribution in [0, 0.1) is 0 Å². The fourth-order valence-electron chi connectivity index (χ4n) is 3.37. The normalized spacial score (nSPS) is 13.5. The van der Waals surface area contributed by atoms with Gasteiger partial charge in [0.15, 0.2) is 0 Å². The smallest absolute Gasteiger partial charge is 0.255 e. The number of nitrogens with zero attached hydrogens (tertiary/aromatic N) is 2. The number of anilines is 1. The molecule has 7 nitrogen and oxygen atoms in total. The van der Waals surface area contributed by atoms with Crippen LogP contribution in [0.3, 0.4) is 0 Å². The molecule has 0 aliphatic carbocycles. The van der Waals surface area contributed by atoms with Crippen molar-refractivity contribution in [1.29, 1.82) is 0 Å². The second kappa shape index (κ2) is 9.35. The van der Waals surface area contributed by atoms with Crippen LogP contribution in [0.1, 0.15) is 53.0 Å². The van der Waals surface area contributed by atoms with Crippen LogP contribution in [0.15, 0.2) is 48.5 Å². The molecule has 1 heterocycles. The summed E-state index contributed by atoms with van der Waals surface area (Å²) in [6.45, 7) is 5.30. The third-order valence-corrected chi connectivity index (χ3v) is 5.13. The van der Waals surface area contributed by atoms with Crippen LogP contribution in [0.2, 0.25) is 0 Å². The zero-order valence-electron chi connectivity index (χ0n) is 17.2. The van der Waals surface area contributed by atoms with Crippen molar-refractivity contribution in [2.24, 2.45) is 0 Å². The van der Waals surface area contributed by atoms with Gasteiger partial charge in [0, 0.05) is 42.7 Å². The Morgan fingerprint density at radius 1 is 0.933 bits per heavy atom. The third kappa shape index (κ3) is 4.74. The molecule has 1 aliphatic rings. The lowest BCUT2D eigenvalue weighted by Crippen LogP contribution is -2.30. The van der Waals surface area contributed by atoms with E-state index in [-0.39, 0.29) is 43.0 Å². The number of nitrogens with one attached hydrogen (secondary N) is 1. The minimum atomic E-state index is -0.303. The van der Waals surface area contributed by atoms with Crippen molar-refractivity contribution in [3.05, 3.63) is 65.2 Å². The number of hydrogen-bond donors (Lipinski definition) is 1. The number of imide groups is 1. The summed E-state index contributed by atoms with van der Waals surface area (Å²) in [5, 5.41) is 2.81. The van der Waals surface area contributed by atoms with Crippen molar-refractivity contribution in [3.63, 3.8) is 0 Å². The highest BCUT2D eigenvalue weighted by Crippen LogP contribution is 2.18. The van der Waals surface area contributed by atoms with E-state index in [0.717, 1.165) is 5.56 Å². The molecule has 1 saturated heterocycles. The van der Waals surface area contributed by atoms with E-state index in [1.807, 2.05) is 13.8 Å². The molecule has 2 aromatic rings. The number of hydrogen-bond acceptors (Lipinski definition) is 4. The van der Waals surface area contributed by atoms with E-state index in [1.54, 1.807) is 53.4 Å². The lowest BCUT2D eigenvalue weighted by molar-refractivity contribution is -0.139. The number of rotatable bonds is 7. The van der Waals surface area contributed by atoms with Crippen LogP contribution < -0.4 is 5.32 Å². The minimum Gasteiger partial charge on any atom is -0.339 e. The van der Waals surface area contributed by atoms with Gasteiger partial charge in [-0.3, -0.25) is 24.1 Å². The summed E-state index contributed by atoms with van der Waals surface area (Å²) in [6, 6.07) is 13.6. The van der Waals surface area contributed by atoms with Crippen LogP contribution >= 0.6 is 0 Å². The van der Waals surface area contributed by atoms with E-state index in [4.69, 9.17) is 0 Å². The molecule has 0 unspecified atom stereocenters. The Morgan fingerprint density at radius 3 is 2.17 bits per heavy atom. The average molecular weight is 407 g/mol. The zero-order valence-corrected chi connectivity index (χ0v) is 17.2. The number of carbonyl (C=O) groups is 4. The monoisotopic (exact) mass is 407 g/mol. The molecule has 30 heavy (non-hydrogen) atoms. The Balaban J connectivity index is 1.66. The van der Waals surface area contributed by atoms with Crippen molar-refractivity contribution in [1.82, 2.24) is 9.80 Å². The summed E-state index contributed by atoms with van der Waals surface area (Å²) in [7, 11) is 0. The lowest BCUT2D eigenvalue weighted by Gasteiger charge is -2.19. The van der Waals surface area contributed by atoms with E-state index in [0.29, 0.717) is 29.9 Å². The Bertz CT molecular complexity index is 949. The quantitative estimate of drug-likeness (QED) is 0.715. The van der Waals surface area contributed by atoms with Gasteiger partial charge in [-0.1, -0.05) is 18.2 Å². The molecule has 7 heteroatoms. The first-order chi connectivity index (χ1) is 14.4. The fraction of sp³-hybridized carbons (Fsp3) is 0.304. The summed E-state index contributed by atoms with van der Waals surface area (Å²) in [5.41, 5.74) is 2.28. The third-order valence-electron chi connectivity index (χ3n) is 5.13. The zero-order chi connectivity index (χ0) is 21.7. The van der Waals surface area contributed by atoms with Gasteiger partial charge in [0.1, 0.15) is 0 Å². The molecule has 1 fully saturated rings. The van der Waals surface area contributed by atoms with E-state index >= 15 is 0 Å². The molecule has 0 radical (unpaired) electrons. The molecular formula is C23H25N3O4. The molecule has 3 rings (SSSR count). The first-order valence-electron chi connectivity index (χ1n) is 10.1. The average Bonchev–Trinajstić information content (AvgIpc) is 3.07. The molecule has 0 atom stereocenters. The number of benzene rings is 2. The van der Waals surface area contributed by atoms with Gasteiger partial charge in [-0.15, -0.1) is 0 Å². The minimum absolute atomic E-state index is 0.0774. The molecule has 0 bridgehead atoms. The van der Waals surface area contributed by atoms with Gasteiger partial charge in [-0.25, -0.2) is 0 Å². The molecule has 0 aromatic heterocycles. The van der Waals surface area contributed by atoms with Crippen molar-refractivity contribution in [2.75, 3.05) is 18.4 Å². The van der Waals surface area contributed by atoms with Crippen LogP contribution in [0.25, 0.3) is 0 Å². The maximum Gasteiger partial charge on any atom is 0.255 e. The summed E-state index contributed by atoms with van der Waals surface area (Å²) >= 11 is 0.